The van der Waals surface area contributed by atoms with Gasteiger partial charge in [0, 0.05) is 0 Å². The molecular weight excluding hydrogens is 230 g/mol. The van der Waals surface area contributed by atoms with Crippen LogP contribution in [0, 0.1) is 5.92 Å². The van der Waals surface area contributed by atoms with Crippen LogP contribution in [0.25, 0.3) is 0 Å². The number of anilines is 1. The lowest BCUT2D eigenvalue weighted by Gasteiger charge is -2.11. The fourth-order valence-electron chi connectivity index (χ4n) is 1.63. The highest BCUT2D eigenvalue weighted by Gasteiger charge is 2.13. The first-order valence-corrected chi connectivity index (χ1v) is 6.15. The average Bonchev–Trinajstić information content (AvgIpc) is 2.35. The molecule has 0 bridgehead atoms. The summed E-state index contributed by atoms with van der Waals surface area (Å²) in [7, 11) is 1.33. The number of methoxy groups -OCH3 is 1. The molecule has 0 amide bonds. The maximum absolute atomic E-state index is 11.4. The Balaban J connectivity index is 2.64. The SMILES string of the molecule is COC(=O)c1cccc(OCCCC(C)C)c1N. The van der Waals surface area contributed by atoms with Gasteiger partial charge in [-0.15, -0.1) is 0 Å². The number of nitrogens with two attached hydrogens (primary N) is 1. The van der Waals surface area contributed by atoms with E-state index in [0.29, 0.717) is 29.5 Å². The molecule has 0 aliphatic carbocycles. The molecule has 0 fully saturated rings. The van der Waals surface area contributed by atoms with E-state index < -0.39 is 5.97 Å². The summed E-state index contributed by atoms with van der Waals surface area (Å²) in [6.07, 6.45) is 2.08. The predicted molar refractivity (Wildman–Crippen MR) is 71.8 cm³/mol. The molecule has 0 aliphatic heterocycles. The number of esters is 1. The Kier molecular flexibility index (Phi) is 5.49. The number of nitrogen functional groups attached to an aromatic ring is 1. The van der Waals surface area contributed by atoms with Crippen LogP contribution in [0.2, 0.25) is 0 Å². The minimum Gasteiger partial charge on any atom is -0.491 e. The normalized spacial score (nSPS) is 10.4. The molecule has 100 valence electrons. The van der Waals surface area contributed by atoms with Crippen LogP contribution in [0.5, 0.6) is 5.75 Å². The van der Waals surface area contributed by atoms with E-state index in [1.165, 1.54) is 7.11 Å². The summed E-state index contributed by atoms with van der Waals surface area (Å²) in [5, 5.41) is 0. The Morgan fingerprint density at radius 3 is 2.72 bits per heavy atom. The smallest absolute Gasteiger partial charge is 0.340 e. The van der Waals surface area contributed by atoms with Crippen LogP contribution in [0.15, 0.2) is 18.2 Å². The van der Waals surface area contributed by atoms with Crippen molar-refractivity contribution in [2.24, 2.45) is 5.92 Å². The Morgan fingerprint density at radius 1 is 1.39 bits per heavy atom. The maximum Gasteiger partial charge on any atom is 0.340 e. The molecule has 18 heavy (non-hydrogen) atoms. The van der Waals surface area contributed by atoms with Gasteiger partial charge >= 0.3 is 5.97 Å². The van der Waals surface area contributed by atoms with Gasteiger partial charge in [0.15, 0.2) is 0 Å². The van der Waals surface area contributed by atoms with Crippen molar-refractivity contribution in [1.29, 1.82) is 0 Å². The van der Waals surface area contributed by atoms with Gasteiger partial charge in [0.1, 0.15) is 5.75 Å². The number of ether oxygens (including phenoxy) is 2. The summed E-state index contributed by atoms with van der Waals surface area (Å²) in [6.45, 7) is 4.95. The minimum atomic E-state index is -0.444. The van der Waals surface area contributed by atoms with Crippen LogP contribution < -0.4 is 10.5 Å². The number of para-hydroxylation sites is 1. The number of rotatable bonds is 6. The van der Waals surface area contributed by atoms with E-state index >= 15 is 0 Å². The van der Waals surface area contributed by atoms with Crippen molar-refractivity contribution in [2.45, 2.75) is 26.7 Å². The largest absolute Gasteiger partial charge is 0.491 e. The topological polar surface area (TPSA) is 61.5 Å². The molecule has 0 atom stereocenters. The van der Waals surface area contributed by atoms with Crippen LogP contribution in [0.3, 0.4) is 0 Å². The number of carbonyl (C=O) groups excluding carboxylic acids is 1. The standard InChI is InChI=1S/C14H21NO3/c1-10(2)6-5-9-18-12-8-4-7-11(13(12)15)14(16)17-3/h4,7-8,10H,5-6,9,15H2,1-3H3. The zero-order valence-corrected chi connectivity index (χ0v) is 11.2. The zero-order valence-electron chi connectivity index (χ0n) is 11.2. The lowest BCUT2D eigenvalue weighted by Crippen LogP contribution is -2.08. The van der Waals surface area contributed by atoms with Gasteiger partial charge in [0.2, 0.25) is 0 Å². The summed E-state index contributed by atoms with van der Waals surface area (Å²) < 4.78 is 10.2. The van der Waals surface area contributed by atoms with Crippen molar-refractivity contribution in [2.75, 3.05) is 19.5 Å². The number of hydrogen-bond acceptors (Lipinski definition) is 4. The second-order valence-electron chi connectivity index (χ2n) is 4.59. The molecule has 0 spiro atoms. The predicted octanol–water partition coefficient (Wildman–Crippen LogP) is 2.87. The van der Waals surface area contributed by atoms with Crippen molar-refractivity contribution in [1.82, 2.24) is 0 Å². The average molecular weight is 251 g/mol. The van der Waals surface area contributed by atoms with Crippen LogP contribution in [0.1, 0.15) is 37.0 Å². The minimum absolute atomic E-state index is 0.342. The van der Waals surface area contributed by atoms with Crippen molar-refractivity contribution < 1.29 is 14.3 Å². The van der Waals surface area contributed by atoms with Gasteiger partial charge < -0.3 is 15.2 Å². The molecule has 4 nitrogen and oxygen atoms in total. The van der Waals surface area contributed by atoms with Gasteiger partial charge in [0.05, 0.1) is 25.0 Å². The third-order valence-corrected chi connectivity index (χ3v) is 2.65. The third-order valence-electron chi connectivity index (χ3n) is 2.65. The molecule has 0 heterocycles. The molecule has 0 saturated carbocycles. The van der Waals surface area contributed by atoms with Crippen molar-refractivity contribution in [3.8, 4) is 5.75 Å². The van der Waals surface area contributed by atoms with Crippen molar-refractivity contribution in [3.63, 3.8) is 0 Å². The summed E-state index contributed by atoms with van der Waals surface area (Å²) >= 11 is 0. The van der Waals surface area contributed by atoms with E-state index in [9.17, 15) is 4.79 Å². The third kappa shape index (κ3) is 3.95. The second-order valence-corrected chi connectivity index (χ2v) is 4.59. The highest BCUT2D eigenvalue weighted by atomic mass is 16.5. The summed E-state index contributed by atoms with van der Waals surface area (Å²) in [4.78, 5) is 11.4. The van der Waals surface area contributed by atoms with E-state index in [2.05, 4.69) is 18.6 Å². The first-order chi connectivity index (χ1) is 8.56. The molecule has 1 aromatic carbocycles. The highest BCUT2D eigenvalue weighted by Crippen LogP contribution is 2.26. The highest BCUT2D eigenvalue weighted by molar-refractivity contribution is 5.96. The fraction of sp³-hybridized carbons (Fsp3) is 0.500. The van der Waals surface area contributed by atoms with E-state index in [-0.39, 0.29) is 0 Å². The maximum atomic E-state index is 11.4. The van der Waals surface area contributed by atoms with Gasteiger partial charge in [-0.2, -0.15) is 0 Å². The Hall–Kier alpha value is -1.71. The molecule has 2 N–H and O–H groups in total. The molecule has 0 radical (unpaired) electrons. The first kappa shape index (κ1) is 14.4. The molecule has 0 unspecified atom stereocenters. The van der Waals surface area contributed by atoms with Crippen molar-refractivity contribution >= 4 is 11.7 Å². The molecule has 0 aromatic heterocycles. The monoisotopic (exact) mass is 251 g/mol. The fourth-order valence-corrected chi connectivity index (χ4v) is 1.63. The number of benzene rings is 1. The van der Waals surface area contributed by atoms with E-state index in [1.807, 2.05) is 0 Å². The van der Waals surface area contributed by atoms with E-state index in [4.69, 9.17) is 10.5 Å². The van der Waals surface area contributed by atoms with Crippen LogP contribution in [-0.4, -0.2) is 19.7 Å². The van der Waals surface area contributed by atoms with Crippen LogP contribution >= 0.6 is 0 Å². The molecule has 0 aliphatic rings. The second kappa shape index (κ2) is 6.89. The summed E-state index contributed by atoms with van der Waals surface area (Å²) in [5.41, 5.74) is 6.56. The van der Waals surface area contributed by atoms with E-state index in [0.717, 1.165) is 12.8 Å². The summed E-state index contributed by atoms with van der Waals surface area (Å²) in [5.74, 6) is 0.758. The van der Waals surface area contributed by atoms with Gasteiger partial charge in [-0.1, -0.05) is 19.9 Å². The van der Waals surface area contributed by atoms with Gasteiger partial charge in [0.25, 0.3) is 0 Å². The zero-order chi connectivity index (χ0) is 13.5. The number of carbonyl (C=O) groups is 1. The van der Waals surface area contributed by atoms with Gasteiger partial charge in [-0.3, -0.25) is 0 Å². The lowest BCUT2D eigenvalue weighted by atomic mass is 10.1. The Labute approximate surface area is 108 Å². The van der Waals surface area contributed by atoms with Crippen molar-refractivity contribution in [3.05, 3.63) is 23.8 Å². The Bertz CT molecular complexity index is 402. The quantitative estimate of drug-likeness (QED) is 0.480. The van der Waals surface area contributed by atoms with E-state index in [1.54, 1.807) is 18.2 Å². The molecule has 0 saturated heterocycles. The van der Waals surface area contributed by atoms with Crippen LogP contribution in [0.4, 0.5) is 5.69 Å². The Morgan fingerprint density at radius 2 is 2.11 bits per heavy atom. The lowest BCUT2D eigenvalue weighted by molar-refractivity contribution is 0.0601. The molecule has 1 aromatic rings. The first-order valence-electron chi connectivity index (χ1n) is 6.15. The van der Waals surface area contributed by atoms with Gasteiger partial charge in [-0.25, -0.2) is 4.79 Å². The molecule has 4 heteroatoms. The van der Waals surface area contributed by atoms with Gasteiger partial charge in [-0.05, 0) is 30.9 Å². The number of hydrogen-bond donors (Lipinski definition) is 1. The molecular formula is C14H21NO3. The van der Waals surface area contributed by atoms with Crippen LogP contribution in [-0.2, 0) is 4.74 Å². The molecule has 1 rings (SSSR count). The summed E-state index contributed by atoms with van der Waals surface area (Å²) in [6, 6.07) is 5.12.